The number of rotatable bonds is 2. The smallest absolute Gasteiger partial charge is 0.228 e. The molecule has 0 radical (unpaired) electrons. The number of halogens is 1. The molecule has 1 aliphatic heterocycles. The molecule has 3 aromatic carbocycles. The number of hydrogen-bond donors (Lipinski definition) is 1. The number of aromatic nitrogens is 4. The molecular formula is C24H15BrN4O2. The number of phenolic OH excluding ortho intramolecular Hbond substituents is 1. The van der Waals surface area contributed by atoms with Crippen LogP contribution in [0.1, 0.15) is 22.6 Å². The number of benzene rings is 3. The van der Waals surface area contributed by atoms with Gasteiger partial charge in [-0.2, -0.15) is 0 Å². The predicted octanol–water partition coefficient (Wildman–Crippen LogP) is 5.55. The average molecular weight is 471 g/mol. The molecule has 0 aliphatic carbocycles. The van der Waals surface area contributed by atoms with Crippen LogP contribution < -0.4 is 4.74 Å². The van der Waals surface area contributed by atoms with Crippen molar-refractivity contribution in [3.05, 3.63) is 100 Å². The zero-order valence-electron chi connectivity index (χ0n) is 16.1. The van der Waals surface area contributed by atoms with Crippen LogP contribution in [-0.4, -0.2) is 24.7 Å². The van der Waals surface area contributed by atoms with Crippen molar-refractivity contribution in [1.29, 1.82) is 0 Å². The van der Waals surface area contributed by atoms with Crippen molar-refractivity contribution in [3.8, 4) is 28.8 Å². The summed E-state index contributed by atoms with van der Waals surface area (Å²) >= 11 is 3.59. The molecule has 1 aliphatic rings. The molecule has 0 unspecified atom stereocenters. The number of phenols is 1. The fraction of sp³-hybridized carbons (Fsp3) is 0.0417. The molecule has 31 heavy (non-hydrogen) atoms. The van der Waals surface area contributed by atoms with Gasteiger partial charge in [-0.15, -0.1) is 5.10 Å². The van der Waals surface area contributed by atoms with Crippen LogP contribution in [0.4, 0.5) is 0 Å². The van der Waals surface area contributed by atoms with Gasteiger partial charge in [0.15, 0.2) is 11.5 Å². The third-order valence-corrected chi connectivity index (χ3v) is 6.13. The maximum Gasteiger partial charge on any atom is 0.228 e. The zero-order chi connectivity index (χ0) is 20.9. The lowest BCUT2D eigenvalue weighted by Gasteiger charge is -2.27. The fourth-order valence-corrected chi connectivity index (χ4v) is 4.51. The lowest BCUT2D eigenvalue weighted by atomic mass is 9.84. The number of nitrogens with zero attached hydrogens (tertiary/aromatic N) is 4. The standard InChI is InChI=1S/C24H15BrN4O2/c25-18-9-5-4-8-16(18)22-27-23-21-20(14-6-2-1-3-7-14)17-11-10-15(30)12-19(17)31-24(21)26-13-29(23)28-22/h1-13,20,30H/t20-/m0/s1. The summed E-state index contributed by atoms with van der Waals surface area (Å²) in [7, 11) is 0. The monoisotopic (exact) mass is 470 g/mol. The summed E-state index contributed by atoms with van der Waals surface area (Å²) in [4.78, 5) is 9.40. The summed E-state index contributed by atoms with van der Waals surface area (Å²) in [5.74, 6) is 1.64. The largest absolute Gasteiger partial charge is 0.508 e. The molecule has 3 heterocycles. The normalized spacial score (nSPS) is 14.7. The van der Waals surface area contributed by atoms with E-state index in [0.717, 1.165) is 26.7 Å². The van der Waals surface area contributed by atoms with Crippen LogP contribution in [0.3, 0.4) is 0 Å². The summed E-state index contributed by atoms with van der Waals surface area (Å²) in [6.45, 7) is 0. The SMILES string of the molecule is Oc1ccc2c(c1)Oc1ncn3nc(-c4ccccc4Br)nc3c1[C@H]2c1ccccc1. The van der Waals surface area contributed by atoms with Crippen molar-refractivity contribution in [2.75, 3.05) is 0 Å². The van der Waals surface area contributed by atoms with Crippen molar-refractivity contribution in [2.45, 2.75) is 5.92 Å². The molecule has 0 saturated carbocycles. The van der Waals surface area contributed by atoms with Gasteiger partial charge in [-0.05, 0) is 23.8 Å². The van der Waals surface area contributed by atoms with Crippen LogP contribution in [0.2, 0.25) is 0 Å². The Morgan fingerprint density at radius 3 is 2.61 bits per heavy atom. The van der Waals surface area contributed by atoms with E-state index in [1.54, 1.807) is 23.0 Å². The minimum atomic E-state index is -0.159. The van der Waals surface area contributed by atoms with E-state index in [0.29, 0.717) is 23.1 Å². The van der Waals surface area contributed by atoms with E-state index in [2.05, 4.69) is 38.1 Å². The summed E-state index contributed by atoms with van der Waals surface area (Å²) in [6, 6.07) is 23.2. The number of aromatic hydroxyl groups is 1. The van der Waals surface area contributed by atoms with Crippen molar-refractivity contribution >= 4 is 21.6 Å². The Bertz CT molecular complexity index is 1450. The summed E-state index contributed by atoms with van der Waals surface area (Å²) in [5, 5.41) is 14.7. The molecule has 1 N–H and O–H groups in total. The highest BCUT2D eigenvalue weighted by Gasteiger charge is 2.33. The highest BCUT2D eigenvalue weighted by Crippen LogP contribution is 2.48. The van der Waals surface area contributed by atoms with E-state index in [1.165, 1.54) is 0 Å². The summed E-state index contributed by atoms with van der Waals surface area (Å²) in [5.41, 5.74) is 4.45. The van der Waals surface area contributed by atoms with Gasteiger partial charge < -0.3 is 9.84 Å². The fourth-order valence-electron chi connectivity index (χ4n) is 4.05. The predicted molar refractivity (Wildman–Crippen MR) is 119 cm³/mol. The highest BCUT2D eigenvalue weighted by molar-refractivity contribution is 9.10. The molecule has 1 atom stereocenters. The van der Waals surface area contributed by atoms with E-state index < -0.39 is 0 Å². The van der Waals surface area contributed by atoms with Gasteiger partial charge in [-0.1, -0.05) is 64.5 Å². The maximum atomic E-state index is 9.99. The molecule has 2 aromatic heterocycles. The minimum Gasteiger partial charge on any atom is -0.508 e. The molecular weight excluding hydrogens is 456 g/mol. The lowest BCUT2D eigenvalue weighted by molar-refractivity contribution is 0.422. The Labute approximate surface area is 185 Å². The Hall–Kier alpha value is -3.71. The Balaban J connectivity index is 1.63. The molecule has 0 fully saturated rings. The maximum absolute atomic E-state index is 9.99. The van der Waals surface area contributed by atoms with Crippen molar-refractivity contribution in [1.82, 2.24) is 19.6 Å². The Morgan fingerprint density at radius 1 is 0.968 bits per heavy atom. The van der Waals surface area contributed by atoms with E-state index in [1.807, 2.05) is 48.5 Å². The van der Waals surface area contributed by atoms with Crippen LogP contribution in [0.25, 0.3) is 17.0 Å². The molecule has 0 bridgehead atoms. The molecule has 150 valence electrons. The number of fused-ring (bicyclic) bond motifs is 4. The molecule has 7 heteroatoms. The van der Waals surface area contributed by atoms with Crippen molar-refractivity contribution in [2.24, 2.45) is 0 Å². The highest BCUT2D eigenvalue weighted by atomic mass is 79.9. The van der Waals surface area contributed by atoms with Crippen LogP contribution >= 0.6 is 15.9 Å². The van der Waals surface area contributed by atoms with Crippen LogP contribution in [0, 0.1) is 0 Å². The topological polar surface area (TPSA) is 72.5 Å². The number of hydrogen-bond acceptors (Lipinski definition) is 5. The third-order valence-electron chi connectivity index (χ3n) is 5.44. The second-order valence-electron chi connectivity index (χ2n) is 7.31. The first kappa shape index (κ1) is 18.1. The molecule has 6 nitrogen and oxygen atoms in total. The first-order valence-electron chi connectivity index (χ1n) is 9.75. The summed E-state index contributed by atoms with van der Waals surface area (Å²) in [6.07, 6.45) is 1.61. The molecule has 0 saturated heterocycles. The van der Waals surface area contributed by atoms with Gasteiger partial charge in [0, 0.05) is 27.6 Å². The molecule has 0 amide bonds. The van der Waals surface area contributed by atoms with Gasteiger partial charge in [0.2, 0.25) is 5.88 Å². The van der Waals surface area contributed by atoms with Crippen LogP contribution in [0.15, 0.2) is 83.6 Å². The first-order chi connectivity index (χ1) is 15.2. The number of ether oxygens (including phenoxy) is 1. The van der Waals surface area contributed by atoms with Crippen molar-refractivity contribution in [3.63, 3.8) is 0 Å². The van der Waals surface area contributed by atoms with E-state index >= 15 is 0 Å². The van der Waals surface area contributed by atoms with E-state index in [9.17, 15) is 5.11 Å². The Morgan fingerprint density at radius 2 is 1.77 bits per heavy atom. The van der Waals surface area contributed by atoms with Gasteiger partial charge >= 0.3 is 0 Å². The molecule has 6 rings (SSSR count). The van der Waals surface area contributed by atoms with Crippen molar-refractivity contribution < 1.29 is 9.84 Å². The van der Waals surface area contributed by atoms with Gasteiger partial charge in [0.25, 0.3) is 0 Å². The van der Waals surface area contributed by atoms with Crippen LogP contribution in [-0.2, 0) is 0 Å². The third kappa shape index (κ3) is 2.89. The minimum absolute atomic E-state index is 0.147. The average Bonchev–Trinajstić information content (AvgIpc) is 3.22. The second-order valence-corrected chi connectivity index (χ2v) is 8.17. The van der Waals surface area contributed by atoms with E-state index in [-0.39, 0.29) is 11.7 Å². The quantitative estimate of drug-likeness (QED) is 0.359. The first-order valence-corrected chi connectivity index (χ1v) is 10.5. The van der Waals surface area contributed by atoms with Gasteiger partial charge in [-0.25, -0.2) is 14.5 Å². The van der Waals surface area contributed by atoms with Crippen LogP contribution in [0.5, 0.6) is 17.4 Å². The lowest BCUT2D eigenvalue weighted by Crippen LogP contribution is -2.14. The van der Waals surface area contributed by atoms with Gasteiger partial charge in [0.05, 0.1) is 5.56 Å². The zero-order valence-corrected chi connectivity index (χ0v) is 17.7. The second kappa shape index (κ2) is 6.92. The molecule has 0 spiro atoms. The van der Waals surface area contributed by atoms with E-state index in [4.69, 9.17) is 9.72 Å². The van der Waals surface area contributed by atoms with Gasteiger partial charge in [-0.3, -0.25) is 0 Å². The Kier molecular flexibility index (Phi) is 4.04. The summed E-state index contributed by atoms with van der Waals surface area (Å²) < 4.78 is 8.71. The van der Waals surface area contributed by atoms with Gasteiger partial charge in [0.1, 0.15) is 17.8 Å². The molecule has 5 aromatic rings.